The summed E-state index contributed by atoms with van der Waals surface area (Å²) < 4.78 is 4.86. The third kappa shape index (κ3) is 3.88. The Bertz CT molecular complexity index is 341. The summed E-state index contributed by atoms with van der Waals surface area (Å²) in [4.78, 5) is 16.7. The number of amides is 1. The number of hydrogen-bond donors (Lipinski definition) is 2. The third-order valence-corrected chi connectivity index (χ3v) is 3.17. The van der Waals surface area contributed by atoms with Gasteiger partial charge in [-0.2, -0.15) is 0 Å². The van der Waals surface area contributed by atoms with Gasteiger partial charge in [-0.1, -0.05) is 0 Å². The van der Waals surface area contributed by atoms with E-state index in [0.29, 0.717) is 19.6 Å². The highest BCUT2D eigenvalue weighted by Gasteiger charge is 2.13. The average Bonchev–Trinajstić information content (AvgIpc) is 2.68. The maximum absolute atomic E-state index is 11.5. The summed E-state index contributed by atoms with van der Waals surface area (Å²) in [5.74, 6) is -0.148. The molecule has 16 heavy (non-hydrogen) atoms. The monoisotopic (exact) mass is 243 g/mol. The standard InChI is InChI=1S/C10H17N3O2S/c1-7-9(16-6-13-7)5-12-10(14)8(11)3-4-15-2/h6,8H,3-5,11H2,1-2H3,(H,12,14). The SMILES string of the molecule is COCCC(N)C(=O)NCc1scnc1C. The van der Waals surface area contributed by atoms with Gasteiger partial charge in [-0.3, -0.25) is 4.79 Å². The number of ether oxygens (including phenoxy) is 1. The first-order valence-corrected chi connectivity index (χ1v) is 5.94. The summed E-state index contributed by atoms with van der Waals surface area (Å²) in [6.45, 7) is 2.91. The molecule has 1 heterocycles. The van der Waals surface area contributed by atoms with Crippen molar-refractivity contribution in [3.63, 3.8) is 0 Å². The molecule has 0 saturated carbocycles. The zero-order valence-electron chi connectivity index (χ0n) is 9.53. The summed E-state index contributed by atoms with van der Waals surface area (Å²) in [5.41, 5.74) is 8.40. The number of thiazole rings is 1. The van der Waals surface area contributed by atoms with Crippen LogP contribution in [-0.4, -0.2) is 30.6 Å². The minimum Gasteiger partial charge on any atom is -0.385 e. The quantitative estimate of drug-likeness (QED) is 0.759. The van der Waals surface area contributed by atoms with Gasteiger partial charge in [-0.25, -0.2) is 4.98 Å². The van der Waals surface area contributed by atoms with E-state index in [1.54, 1.807) is 12.6 Å². The second-order valence-electron chi connectivity index (χ2n) is 3.47. The predicted molar refractivity (Wildman–Crippen MR) is 63.2 cm³/mol. The number of carbonyl (C=O) groups excluding carboxylic acids is 1. The fourth-order valence-corrected chi connectivity index (χ4v) is 1.89. The van der Waals surface area contributed by atoms with Gasteiger partial charge in [0.15, 0.2) is 0 Å². The normalized spacial score (nSPS) is 12.4. The van der Waals surface area contributed by atoms with Gasteiger partial charge in [0.1, 0.15) is 0 Å². The van der Waals surface area contributed by atoms with Crippen LogP contribution in [0, 0.1) is 6.92 Å². The molecule has 0 aliphatic rings. The van der Waals surface area contributed by atoms with E-state index in [0.717, 1.165) is 10.6 Å². The van der Waals surface area contributed by atoms with Crippen LogP contribution in [0.1, 0.15) is 17.0 Å². The van der Waals surface area contributed by atoms with E-state index in [9.17, 15) is 4.79 Å². The Labute approximate surface area is 99.0 Å². The number of nitrogens with one attached hydrogen (secondary N) is 1. The van der Waals surface area contributed by atoms with Crippen molar-refractivity contribution in [2.75, 3.05) is 13.7 Å². The first kappa shape index (κ1) is 13.1. The van der Waals surface area contributed by atoms with Crippen molar-refractivity contribution in [2.45, 2.75) is 25.9 Å². The van der Waals surface area contributed by atoms with E-state index in [4.69, 9.17) is 10.5 Å². The fraction of sp³-hybridized carbons (Fsp3) is 0.600. The van der Waals surface area contributed by atoms with E-state index in [1.165, 1.54) is 11.3 Å². The number of aromatic nitrogens is 1. The number of nitrogens with zero attached hydrogens (tertiary/aromatic N) is 1. The van der Waals surface area contributed by atoms with Gasteiger partial charge < -0.3 is 15.8 Å². The maximum atomic E-state index is 11.5. The molecule has 3 N–H and O–H groups in total. The maximum Gasteiger partial charge on any atom is 0.237 e. The van der Waals surface area contributed by atoms with Crippen LogP contribution in [0.3, 0.4) is 0 Å². The Morgan fingerprint density at radius 2 is 2.50 bits per heavy atom. The lowest BCUT2D eigenvalue weighted by molar-refractivity contribution is -0.122. The first-order valence-electron chi connectivity index (χ1n) is 5.06. The van der Waals surface area contributed by atoms with Crippen LogP contribution in [0.2, 0.25) is 0 Å². The largest absolute Gasteiger partial charge is 0.385 e. The van der Waals surface area contributed by atoms with Crippen LogP contribution in [-0.2, 0) is 16.1 Å². The van der Waals surface area contributed by atoms with Gasteiger partial charge >= 0.3 is 0 Å². The van der Waals surface area contributed by atoms with Crippen molar-refractivity contribution in [3.8, 4) is 0 Å². The molecule has 1 aromatic heterocycles. The summed E-state index contributed by atoms with van der Waals surface area (Å²) in [6, 6.07) is -0.506. The van der Waals surface area contributed by atoms with Crippen molar-refractivity contribution >= 4 is 17.2 Å². The lowest BCUT2D eigenvalue weighted by atomic mass is 10.2. The van der Waals surface area contributed by atoms with Crippen LogP contribution < -0.4 is 11.1 Å². The molecule has 1 atom stereocenters. The molecule has 1 rings (SSSR count). The molecule has 6 heteroatoms. The summed E-state index contributed by atoms with van der Waals surface area (Å²) in [5, 5.41) is 2.79. The number of aryl methyl sites for hydroxylation is 1. The topological polar surface area (TPSA) is 77.2 Å². The summed E-state index contributed by atoms with van der Waals surface area (Å²) in [6.07, 6.45) is 0.532. The molecule has 0 radical (unpaired) electrons. The minimum atomic E-state index is -0.506. The number of methoxy groups -OCH3 is 1. The first-order chi connectivity index (χ1) is 7.65. The molecule has 0 aliphatic heterocycles. The second-order valence-corrected chi connectivity index (χ2v) is 4.41. The highest BCUT2D eigenvalue weighted by Crippen LogP contribution is 2.11. The van der Waals surface area contributed by atoms with Crippen LogP contribution in [0.4, 0.5) is 0 Å². The minimum absolute atomic E-state index is 0.148. The number of hydrogen-bond acceptors (Lipinski definition) is 5. The molecule has 1 aromatic rings. The molecular formula is C10H17N3O2S. The van der Waals surface area contributed by atoms with Crippen molar-refractivity contribution in [3.05, 3.63) is 16.1 Å². The van der Waals surface area contributed by atoms with Crippen LogP contribution >= 0.6 is 11.3 Å². The molecule has 0 fully saturated rings. The van der Waals surface area contributed by atoms with Crippen molar-refractivity contribution in [1.82, 2.24) is 10.3 Å². The Morgan fingerprint density at radius 3 is 3.06 bits per heavy atom. The Hall–Kier alpha value is -0.980. The Kier molecular flexibility index (Phi) is 5.37. The highest BCUT2D eigenvalue weighted by molar-refractivity contribution is 7.09. The van der Waals surface area contributed by atoms with E-state index in [2.05, 4.69) is 10.3 Å². The van der Waals surface area contributed by atoms with Crippen molar-refractivity contribution in [1.29, 1.82) is 0 Å². The molecule has 1 unspecified atom stereocenters. The molecule has 5 nitrogen and oxygen atoms in total. The lowest BCUT2D eigenvalue weighted by Crippen LogP contribution is -2.40. The van der Waals surface area contributed by atoms with Gasteiger partial charge in [0.05, 0.1) is 23.8 Å². The summed E-state index contributed by atoms with van der Waals surface area (Å²) >= 11 is 1.53. The fourth-order valence-electron chi connectivity index (χ4n) is 1.17. The lowest BCUT2D eigenvalue weighted by Gasteiger charge is -2.11. The zero-order valence-corrected chi connectivity index (χ0v) is 10.3. The number of rotatable bonds is 6. The molecule has 1 amide bonds. The van der Waals surface area contributed by atoms with Crippen molar-refractivity contribution in [2.24, 2.45) is 5.73 Å². The molecule has 0 bridgehead atoms. The van der Waals surface area contributed by atoms with Gasteiger partial charge in [0.2, 0.25) is 5.91 Å². The van der Waals surface area contributed by atoms with Gasteiger partial charge in [0, 0.05) is 18.6 Å². The number of nitrogens with two attached hydrogens (primary N) is 1. The molecule has 0 aliphatic carbocycles. The molecule has 0 saturated heterocycles. The van der Waals surface area contributed by atoms with Gasteiger partial charge in [-0.05, 0) is 13.3 Å². The van der Waals surface area contributed by atoms with Crippen LogP contribution in [0.15, 0.2) is 5.51 Å². The van der Waals surface area contributed by atoms with Gasteiger partial charge in [-0.15, -0.1) is 11.3 Å². The van der Waals surface area contributed by atoms with Crippen LogP contribution in [0.5, 0.6) is 0 Å². The molecule has 90 valence electrons. The smallest absolute Gasteiger partial charge is 0.237 e. The average molecular weight is 243 g/mol. The van der Waals surface area contributed by atoms with E-state index < -0.39 is 6.04 Å². The van der Waals surface area contributed by atoms with E-state index in [-0.39, 0.29) is 5.91 Å². The van der Waals surface area contributed by atoms with E-state index >= 15 is 0 Å². The molecule has 0 spiro atoms. The molecule has 0 aromatic carbocycles. The Balaban J connectivity index is 2.32. The zero-order chi connectivity index (χ0) is 12.0. The van der Waals surface area contributed by atoms with Crippen LogP contribution in [0.25, 0.3) is 0 Å². The third-order valence-electron chi connectivity index (χ3n) is 2.24. The van der Waals surface area contributed by atoms with Crippen molar-refractivity contribution < 1.29 is 9.53 Å². The Morgan fingerprint density at radius 1 is 1.75 bits per heavy atom. The van der Waals surface area contributed by atoms with E-state index in [1.807, 2.05) is 6.92 Å². The second kappa shape index (κ2) is 6.57. The predicted octanol–water partition coefficient (Wildman–Crippen LogP) is 0.432. The highest BCUT2D eigenvalue weighted by atomic mass is 32.1. The summed E-state index contributed by atoms with van der Waals surface area (Å²) in [7, 11) is 1.59. The molecular weight excluding hydrogens is 226 g/mol. The van der Waals surface area contributed by atoms with Gasteiger partial charge in [0.25, 0.3) is 0 Å². The number of carbonyl (C=O) groups is 1.